The molecule has 4 nitrogen and oxygen atoms in total. The van der Waals surface area contributed by atoms with E-state index in [0.29, 0.717) is 11.7 Å². The van der Waals surface area contributed by atoms with Crippen molar-refractivity contribution >= 4 is 10.1 Å². The molecule has 1 aliphatic rings. The van der Waals surface area contributed by atoms with Gasteiger partial charge in [-0.25, -0.2) is 4.39 Å². The smallest absolute Gasteiger partial charge is 0.306 e. The summed E-state index contributed by atoms with van der Waals surface area (Å²) in [6.45, 7) is 5.28. The lowest BCUT2D eigenvalue weighted by Gasteiger charge is -2.32. The molecule has 1 aliphatic heterocycles. The van der Waals surface area contributed by atoms with Crippen LogP contribution in [0.2, 0.25) is 0 Å². The van der Waals surface area contributed by atoms with E-state index >= 15 is 0 Å². The molecular formula is C24H32FNO3S. The second kappa shape index (κ2) is 10.4. The molecule has 1 saturated heterocycles. The monoisotopic (exact) mass is 433 g/mol. The van der Waals surface area contributed by atoms with Gasteiger partial charge in [-0.1, -0.05) is 31.5 Å². The van der Waals surface area contributed by atoms with E-state index in [1.807, 2.05) is 24.3 Å². The third-order valence-corrected chi connectivity index (χ3v) is 6.29. The average molecular weight is 434 g/mol. The lowest BCUT2D eigenvalue weighted by molar-refractivity contribution is 0.185. The van der Waals surface area contributed by atoms with E-state index in [0.717, 1.165) is 64.4 Å². The molecule has 0 N–H and O–H groups in total. The Balaban J connectivity index is 1.55. The molecule has 30 heavy (non-hydrogen) atoms. The summed E-state index contributed by atoms with van der Waals surface area (Å²) in [4.78, 5) is 2.48. The van der Waals surface area contributed by atoms with Crippen molar-refractivity contribution in [3.63, 3.8) is 0 Å². The maximum Gasteiger partial charge on any atom is 0.306 e. The van der Waals surface area contributed by atoms with Crippen LogP contribution in [0.25, 0.3) is 0 Å². The van der Waals surface area contributed by atoms with Crippen LogP contribution >= 0.6 is 0 Å². The van der Waals surface area contributed by atoms with Gasteiger partial charge in [0, 0.05) is 6.54 Å². The number of hydrogen-bond donors (Lipinski definition) is 0. The lowest BCUT2D eigenvalue weighted by atomic mass is 9.87. The third kappa shape index (κ3) is 7.10. The molecule has 0 aromatic heterocycles. The highest BCUT2D eigenvalue weighted by Crippen LogP contribution is 2.27. The van der Waals surface area contributed by atoms with E-state index in [1.54, 1.807) is 6.07 Å². The summed E-state index contributed by atoms with van der Waals surface area (Å²) in [7, 11) is -3.52. The van der Waals surface area contributed by atoms with Gasteiger partial charge in [-0.05, 0) is 92.1 Å². The number of benzene rings is 2. The molecule has 1 fully saturated rings. The van der Waals surface area contributed by atoms with Crippen LogP contribution in [-0.2, 0) is 29.4 Å². The Hall–Kier alpha value is -1.92. The summed E-state index contributed by atoms with van der Waals surface area (Å²) in [6, 6.07) is 12.5. The first kappa shape index (κ1) is 22.8. The van der Waals surface area contributed by atoms with Crippen LogP contribution in [0.1, 0.15) is 42.9 Å². The molecule has 0 unspecified atom stereocenters. The molecule has 0 amide bonds. The van der Waals surface area contributed by atoms with E-state index in [4.69, 9.17) is 4.18 Å². The summed E-state index contributed by atoms with van der Waals surface area (Å²) < 4.78 is 41.1. The van der Waals surface area contributed by atoms with Gasteiger partial charge < -0.3 is 9.08 Å². The topological polar surface area (TPSA) is 46.6 Å². The molecule has 1 heterocycles. The Morgan fingerprint density at radius 2 is 1.73 bits per heavy atom. The van der Waals surface area contributed by atoms with Crippen LogP contribution in [0.3, 0.4) is 0 Å². The fourth-order valence-electron chi connectivity index (χ4n) is 4.20. The minimum absolute atomic E-state index is 0.187. The summed E-state index contributed by atoms with van der Waals surface area (Å²) >= 11 is 0. The molecular weight excluding hydrogens is 401 g/mol. The van der Waals surface area contributed by atoms with E-state index in [1.165, 1.54) is 28.8 Å². The molecule has 164 valence electrons. The number of likely N-dealkylation sites (tertiary alicyclic amines) is 1. The van der Waals surface area contributed by atoms with Gasteiger partial charge in [0.2, 0.25) is 0 Å². The number of halogens is 1. The highest BCUT2D eigenvalue weighted by molar-refractivity contribution is 7.86. The van der Waals surface area contributed by atoms with Crippen LogP contribution < -0.4 is 4.18 Å². The number of piperidine rings is 1. The van der Waals surface area contributed by atoms with Crippen molar-refractivity contribution in [1.82, 2.24) is 4.90 Å². The predicted octanol–water partition coefficient (Wildman–Crippen LogP) is 4.61. The normalized spacial score (nSPS) is 16.0. The Kier molecular flexibility index (Phi) is 7.89. The van der Waals surface area contributed by atoms with E-state index in [2.05, 4.69) is 11.8 Å². The fourth-order valence-corrected chi connectivity index (χ4v) is 4.65. The van der Waals surface area contributed by atoms with Crippen LogP contribution in [-0.4, -0.2) is 39.2 Å². The van der Waals surface area contributed by atoms with E-state index in [9.17, 15) is 12.8 Å². The second-order valence-corrected chi connectivity index (χ2v) is 9.91. The maximum atomic E-state index is 13.0. The highest BCUT2D eigenvalue weighted by atomic mass is 32.2. The van der Waals surface area contributed by atoms with Gasteiger partial charge in [-0.3, -0.25) is 0 Å². The van der Waals surface area contributed by atoms with Gasteiger partial charge in [0.1, 0.15) is 11.6 Å². The molecule has 6 heteroatoms. The fraction of sp³-hybridized carbons (Fsp3) is 0.500. The molecule has 0 atom stereocenters. The zero-order chi connectivity index (χ0) is 21.6. The van der Waals surface area contributed by atoms with Crippen LogP contribution in [0, 0.1) is 11.7 Å². The zero-order valence-corrected chi connectivity index (χ0v) is 18.8. The molecule has 0 bridgehead atoms. The summed E-state index contributed by atoms with van der Waals surface area (Å²) in [6.07, 6.45) is 7.29. The van der Waals surface area contributed by atoms with E-state index < -0.39 is 10.1 Å². The SMILES string of the molecule is CCCc1ccc(OS(C)(=O)=O)cc1CC1CCN(CCc2ccc(F)cc2)CC1. The van der Waals surface area contributed by atoms with Crippen molar-refractivity contribution in [1.29, 1.82) is 0 Å². The minimum Gasteiger partial charge on any atom is -0.383 e. The molecule has 0 radical (unpaired) electrons. The summed E-state index contributed by atoms with van der Waals surface area (Å²) in [5.74, 6) is 0.813. The molecule has 3 rings (SSSR count). The maximum absolute atomic E-state index is 13.0. The molecule has 0 spiro atoms. The number of aryl methyl sites for hydroxylation is 1. The van der Waals surface area contributed by atoms with Crippen molar-refractivity contribution in [2.24, 2.45) is 5.92 Å². The van der Waals surface area contributed by atoms with Gasteiger partial charge in [-0.15, -0.1) is 0 Å². The largest absolute Gasteiger partial charge is 0.383 e. The Morgan fingerprint density at radius 3 is 2.37 bits per heavy atom. The summed E-state index contributed by atoms with van der Waals surface area (Å²) in [5.41, 5.74) is 3.67. The average Bonchev–Trinajstić information content (AvgIpc) is 2.69. The van der Waals surface area contributed by atoms with Gasteiger partial charge >= 0.3 is 10.1 Å². The Morgan fingerprint density at radius 1 is 1.03 bits per heavy atom. The lowest BCUT2D eigenvalue weighted by Crippen LogP contribution is -2.35. The number of nitrogens with zero attached hydrogens (tertiary/aromatic N) is 1. The van der Waals surface area contributed by atoms with Crippen molar-refractivity contribution in [3.05, 3.63) is 65.0 Å². The van der Waals surface area contributed by atoms with Gasteiger partial charge in [-0.2, -0.15) is 8.42 Å². The second-order valence-electron chi connectivity index (χ2n) is 8.33. The number of hydrogen-bond acceptors (Lipinski definition) is 4. The van der Waals surface area contributed by atoms with E-state index in [-0.39, 0.29) is 5.82 Å². The van der Waals surface area contributed by atoms with Gasteiger partial charge in [0.15, 0.2) is 0 Å². The predicted molar refractivity (Wildman–Crippen MR) is 119 cm³/mol. The van der Waals surface area contributed by atoms with Crippen LogP contribution in [0.15, 0.2) is 42.5 Å². The van der Waals surface area contributed by atoms with Crippen molar-refractivity contribution in [3.8, 4) is 5.75 Å². The Labute approximate surface area is 180 Å². The van der Waals surface area contributed by atoms with Crippen LogP contribution in [0.5, 0.6) is 5.75 Å². The first-order chi connectivity index (χ1) is 14.3. The molecule has 0 aliphatic carbocycles. The van der Waals surface area contributed by atoms with Crippen LogP contribution in [0.4, 0.5) is 4.39 Å². The Bertz CT molecular complexity index is 920. The summed E-state index contributed by atoms with van der Waals surface area (Å²) in [5, 5.41) is 0. The zero-order valence-electron chi connectivity index (χ0n) is 17.9. The minimum atomic E-state index is -3.52. The third-order valence-electron chi connectivity index (χ3n) is 5.79. The molecule has 2 aromatic rings. The van der Waals surface area contributed by atoms with Crippen molar-refractivity contribution in [2.45, 2.75) is 45.4 Å². The molecule has 2 aromatic carbocycles. The van der Waals surface area contributed by atoms with Crippen molar-refractivity contribution in [2.75, 3.05) is 25.9 Å². The van der Waals surface area contributed by atoms with Gasteiger partial charge in [0.05, 0.1) is 6.26 Å². The first-order valence-corrected chi connectivity index (χ1v) is 12.6. The number of rotatable bonds is 9. The molecule has 0 saturated carbocycles. The van der Waals surface area contributed by atoms with Gasteiger partial charge in [0.25, 0.3) is 0 Å². The quantitative estimate of drug-likeness (QED) is 0.542. The first-order valence-electron chi connectivity index (χ1n) is 10.8. The van der Waals surface area contributed by atoms with Crippen molar-refractivity contribution < 1.29 is 17.0 Å². The standard InChI is InChI=1S/C24H32FNO3S/c1-3-4-21-7-10-24(29-30(2,27)28)18-22(21)17-20-12-15-26(16-13-20)14-11-19-5-8-23(25)9-6-19/h5-10,18,20H,3-4,11-17H2,1-2H3. The highest BCUT2D eigenvalue weighted by Gasteiger charge is 2.21.